The lowest BCUT2D eigenvalue weighted by Gasteiger charge is -2.35. The average Bonchev–Trinajstić information content (AvgIpc) is 2.43. The van der Waals surface area contributed by atoms with Crippen molar-refractivity contribution in [3.05, 3.63) is 34.9 Å². The molecule has 1 N–H and O–H groups in total. The fourth-order valence-electron chi connectivity index (χ4n) is 2.69. The summed E-state index contributed by atoms with van der Waals surface area (Å²) in [6.07, 6.45) is 3.18. The summed E-state index contributed by atoms with van der Waals surface area (Å²) in [6.45, 7) is 2.06. The van der Waals surface area contributed by atoms with Crippen molar-refractivity contribution in [1.29, 1.82) is 0 Å². The maximum Gasteiger partial charge on any atom is 0.257 e. The molecule has 1 saturated heterocycles. The number of rotatable bonds is 3. The molecule has 0 bridgehead atoms. The quantitative estimate of drug-likeness (QED) is 0.926. The Morgan fingerprint density at radius 1 is 1.35 bits per heavy atom. The Morgan fingerprint density at radius 3 is 2.80 bits per heavy atom. The van der Waals surface area contributed by atoms with Crippen LogP contribution in [0.1, 0.15) is 41.6 Å². The van der Waals surface area contributed by atoms with E-state index in [0.29, 0.717) is 13.0 Å². The van der Waals surface area contributed by atoms with Crippen LogP contribution in [0.25, 0.3) is 0 Å². The summed E-state index contributed by atoms with van der Waals surface area (Å²) in [7, 11) is 0. The SMILES string of the molecule is Cc1cc(C(=O)N2CCCCC2CCO)c(F)cc1F. The molecule has 110 valence electrons. The lowest BCUT2D eigenvalue weighted by molar-refractivity contribution is 0.0570. The molecule has 1 atom stereocenters. The van der Waals surface area contributed by atoms with Gasteiger partial charge in [0.05, 0.1) is 5.56 Å². The Labute approximate surface area is 117 Å². The lowest BCUT2D eigenvalue weighted by Crippen LogP contribution is -2.44. The molecule has 0 spiro atoms. The molecular weight excluding hydrogens is 264 g/mol. The van der Waals surface area contributed by atoms with Crippen LogP contribution >= 0.6 is 0 Å². The molecule has 1 aromatic carbocycles. The number of carbonyl (C=O) groups is 1. The van der Waals surface area contributed by atoms with Gasteiger partial charge in [-0.3, -0.25) is 4.79 Å². The predicted molar refractivity (Wildman–Crippen MR) is 71.5 cm³/mol. The maximum absolute atomic E-state index is 13.8. The molecule has 1 aromatic rings. The van der Waals surface area contributed by atoms with E-state index in [1.54, 1.807) is 4.90 Å². The van der Waals surface area contributed by atoms with Gasteiger partial charge in [-0.1, -0.05) is 0 Å². The fourth-order valence-corrected chi connectivity index (χ4v) is 2.69. The zero-order valence-corrected chi connectivity index (χ0v) is 11.5. The molecule has 1 unspecified atom stereocenters. The van der Waals surface area contributed by atoms with Gasteiger partial charge in [-0.25, -0.2) is 8.78 Å². The Hall–Kier alpha value is -1.49. The van der Waals surface area contributed by atoms with E-state index in [4.69, 9.17) is 5.11 Å². The summed E-state index contributed by atoms with van der Waals surface area (Å²) in [5.74, 6) is -1.89. The Balaban J connectivity index is 2.27. The van der Waals surface area contributed by atoms with E-state index in [1.807, 2.05) is 0 Å². The molecule has 0 aromatic heterocycles. The maximum atomic E-state index is 13.8. The molecule has 20 heavy (non-hydrogen) atoms. The van der Waals surface area contributed by atoms with Gasteiger partial charge in [-0.05, 0) is 44.2 Å². The van der Waals surface area contributed by atoms with Crippen LogP contribution in [0.5, 0.6) is 0 Å². The van der Waals surface area contributed by atoms with Crippen molar-refractivity contribution in [2.75, 3.05) is 13.2 Å². The van der Waals surface area contributed by atoms with E-state index in [9.17, 15) is 13.6 Å². The highest BCUT2D eigenvalue weighted by Gasteiger charge is 2.28. The summed E-state index contributed by atoms with van der Waals surface area (Å²) in [6, 6.07) is 1.96. The molecule has 1 aliphatic rings. The first-order valence-corrected chi connectivity index (χ1v) is 6.92. The van der Waals surface area contributed by atoms with Gasteiger partial charge < -0.3 is 10.0 Å². The van der Waals surface area contributed by atoms with Crippen LogP contribution in [-0.2, 0) is 0 Å². The van der Waals surface area contributed by atoms with Crippen LogP contribution in [0, 0.1) is 18.6 Å². The minimum Gasteiger partial charge on any atom is -0.396 e. The molecule has 3 nitrogen and oxygen atoms in total. The molecule has 0 saturated carbocycles. The van der Waals surface area contributed by atoms with Crippen LogP contribution in [0.3, 0.4) is 0 Å². The van der Waals surface area contributed by atoms with Crippen LogP contribution < -0.4 is 0 Å². The number of amides is 1. The van der Waals surface area contributed by atoms with E-state index >= 15 is 0 Å². The first kappa shape index (κ1) is 14.9. The average molecular weight is 283 g/mol. The Kier molecular flexibility index (Phi) is 4.70. The second-order valence-corrected chi connectivity index (χ2v) is 5.24. The third-order valence-electron chi connectivity index (χ3n) is 3.83. The molecule has 1 aliphatic heterocycles. The van der Waals surface area contributed by atoms with E-state index in [-0.39, 0.29) is 23.8 Å². The van der Waals surface area contributed by atoms with Crippen LogP contribution in [-0.4, -0.2) is 35.1 Å². The zero-order valence-electron chi connectivity index (χ0n) is 11.5. The third kappa shape index (κ3) is 2.98. The number of hydrogen-bond acceptors (Lipinski definition) is 2. The van der Waals surface area contributed by atoms with Crippen molar-refractivity contribution in [1.82, 2.24) is 4.90 Å². The summed E-state index contributed by atoms with van der Waals surface area (Å²) in [5.41, 5.74) is 0.166. The zero-order chi connectivity index (χ0) is 14.7. The number of aliphatic hydroxyl groups excluding tert-OH is 1. The number of benzene rings is 1. The van der Waals surface area contributed by atoms with Crippen molar-refractivity contribution in [2.24, 2.45) is 0 Å². The standard InChI is InChI=1S/C15H19F2NO2/c1-10-8-12(14(17)9-13(10)16)15(20)18-6-3-2-4-11(18)5-7-19/h8-9,11,19H,2-7H2,1H3. The molecule has 0 radical (unpaired) electrons. The number of aryl methyl sites for hydroxylation is 1. The highest BCUT2D eigenvalue weighted by atomic mass is 19.1. The number of likely N-dealkylation sites (tertiary alicyclic amines) is 1. The minimum atomic E-state index is -0.827. The number of hydrogen-bond donors (Lipinski definition) is 1. The molecular formula is C15H19F2NO2. The normalized spacial score (nSPS) is 19.2. The smallest absolute Gasteiger partial charge is 0.257 e. The summed E-state index contributed by atoms with van der Waals surface area (Å²) in [4.78, 5) is 14.1. The highest BCUT2D eigenvalue weighted by molar-refractivity contribution is 5.95. The molecule has 5 heteroatoms. The van der Waals surface area contributed by atoms with E-state index in [2.05, 4.69) is 0 Å². The molecule has 1 fully saturated rings. The van der Waals surface area contributed by atoms with Gasteiger partial charge in [0.15, 0.2) is 0 Å². The molecule has 2 rings (SSSR count). The second-order valence-electron chi connectivity index (χ2n) is 5.24. The van der Waals surface area contributed by atoms with Crippen LogP contribution in [0.2, 0.25) is 0 Å². The van der Waals surface area contributed by atoms with Crippen LogP contribution in [0.15, 0.2) is 12.1 Å². The van der Waals surface area contributed by atoms with E-state index in [1.165, 1.54) is 13.0 Å². The van der Waals surface area contributed by atoms with Gasteiger partial charge in [-0.15, -0.1) is 0 Å². The highest BCUT2D eigenvalue weighted by Crippen LogP contribution is 2.24. The topological polar surface area (TPSA) is 40.5 Å². The first-order valence-electron chi connectivity index (χ1n) is 6.92. The number of piperidine rings is 1. The van der Waals surface area contributed by atoms with Gasteiger partial charge in [0, 0.05) is 25.3 Å². The van der Waals surface area contributed by atoms with Gasteiger partial charge in [0.2, 0.25) is 0 Å². The largest absolute Gasteiger partial charge is 0.396 e. The van der Waals surface area contributed by atoms with E-state index < -0.39 is 17.5 Å². The summed E-state index contributed by atoms with van der Waals surface area (Å²) in [5, 5.41) is 9.06. The Morgan fingerprint density at radius 2 is 2.10 bits per heavy atom. The van der Waals surface area contributed by atoms with Gasteiger partial charge >= 0.3 is 0 Å². The molecule has 0 aliphatic carbocycles. The third-order valence-corrected chi connectivity index (χ3v) is 3.83. The predicted octanol–water partition coefficient (Wildman–Crippen LogP) is 2.65. The summed E-state index contributed by atoms with van der Waals surface area (Å²) >= 11 is 0. The van der Waals surface area contributed by atoms with Crippen molar-refractivity contribution >= 4 is 5.91 Å². The Bertz CT molecular complexity index is 503. The second kappa shape index (κ2) is 6.31. The number of halogens is 2. The summed E-state index contributed by atoms with van der Waals surface area (Å²) < 4.78 is 27.1. The van der Waals surface area contributed by atoms with E-state index in [0.717, 1.165) is 25.3 Å². The van der Waals surface area contributed by atoms with Crippen molar-refractivity contribution < 1.29 is 18.7 Å². The van der Waals surface area contributed by atoms with Gasteiger partial charge in [0.1, 0.15) is 11.6 Å². The first-order chi connectivity index (χ1) is 9.54. The van der Waals surface area contributed by atoms with Crippen LogP contribution in [0.4, 0.5) is 8.78 Å². The monoisotopic (exact) mass is 283 g/mol. The lowest BCUT2D eigenvalue weighted by atomic mass is 9.98. The molecule has 1 heterocycles. The number of nitrogens with zero attached hydrogens (tertiary/aromatic N) is 1. The van der Waals surface area contributed by atoms with Gasteiger partial charge in [0.25, 0.3) is 5.91 Å². The minimum absolute atomic E-state index is 0.000621. The van der Waals surface area contributed by atoms with Crippen molar-refractivity contribution in [2.45, 2.75) is 38.6 Å². The molecule has 1 amide bonds. The number of carbonyl (C=O) groups excluding carboxylic acids is 1. The fraction of sp³-hybridized carbons (Fsp3) is 0.533. The number of aliphatic hydroxyl groups is 1. The van der Waals surface area contributed by atoms with Gasteiger partial charge in [-0.2, -0.15) is 0 Å². The van der Waals surface area contributed by atoms with Crippen molar-refractivity contribution in [3.8, 4) is 0 Å². The van der Waals surface area contributed by atoms with Crippen molar-refractivity contribution in [3.63, 3.8) is 0 Å².